The van der Waals surface area contributed by atoms with Crippen molar-refractivity contribution in [1.82, 2.24) is 9.88 Å². The number of aliphatic carboxylic acids is 1. The molecule has 2 N–H and O–H groups in total. The summed E-state index contributed by atoms with van der Waals surface area (Å²) in [6.45, 7) is 2.73. The fraction of sp³-hybridized carbons (Fsp3) is 0.231. The molecule has 1 unspecified atom stereocenters. The van der Waals surface area contributed by atoms with Gasteiger partial charge in [0.2, 0.25) is 0 Å². The van der Waals surface area contributed by atoms with Crippen molar-refractivity contribution in [2.24, 2.45) is 0 Å². The molecule has 5 rings (SSSR count). The minimum atomic E-state index is -0.946. The van der Waals surface area contributed by atoms with Crippen molar-refractivity contribution in [3.8, 4) is 5.75 Å². The molecule has 0 saturated carbocycles. The van der Waals surface area contributed by atoms with Crippen LogP contribution in [0.15, 0.2) is 59.1 Å². The molecular formula is C26H23BrN2O4. The molecule has 2 heterocycles. The van der Waals surface area contributed by atoms with Crippen LogP contribution in [0.5, 0.6) is 5.75 Å². The summed E-state index contributed by atoms with van der Waals surface area (Å²) in [6, 6.07) is 16.8. The van der Waals surface area contributed by atoms with Crippen LogP contribution in [0.25, 0.3) is 21.7 Å². The highest BCUT2D eigenvalue weighted by atomic mass is 79.9. The third-order valence-electron chi connectivity index (χ3n) is 6.23. The van der Waals surface area contributed by atoms with Gasteiger partial charge in [0.1, 0.15) is 5.75 Å². The van der Waals surface area contributed by atoms with E-state index in [1.165, 1.54) is 0 Å². The van der Waals surface area contributed by atoms with Gasteiger partial charge in [-0.05, 0) is 42.0 Å². The number of nitrogens with one attached hydrogen (secondary N) is 1. The van der Waals surface area contributed by atoms with E-state index in [1.807, 2.05) is 61.5 Å². The van der Waals surface area contributed by atoms with Crippen LogP contribution in [-0.2, 0) is 11.2 Å². The number of aromatic nitrogens is 1. The predicted octanol–water partition coefficient (Wildman–Crippen LogP) is 5.70. The number of carboxylic acids is 1. The number of hydrogen-bond acceptors (Lipinski definition) is 3. The van der Waals surface area contributed by atoms with Gasteiger partial charge in [-0.25, -0.2) is 0 Å². The third kappa shape index (κ3) is 3.76. The molecule has 4 aromatic rings. The van der Waals surface area contributed by atoms with Gasteiger partial charge in [-0.2, -0.15) is 0 Å². The van der Waals surface area contributed by atoms with Gasteiger partial charge in [-0.3, -0.25) is 9.59 Å². The first-order valence-corrected chi connectivity index (χ1v) is 11.7. The van der Waals surface area contributed by atoms with Crippen LogP contribution in [0.4, 0.5) is 0 Å². The number of ether oxygens (including phenoxy) is 1. The van der Waals surface area contributed by atoms with Gasteiger partial charge < -0.3 is 19.7 Å². The molecule has 168 valence electrons. The van der Waals surface area contributed by atoms with Gasteiger partial charge in [-0.1, -0.05) is 46.3 Å². The van der Waals surface area contributed by atoms with E-state index in [0.717, 1.165) is 37.4 Å². The van der Waals surface area contributed by atoms with Crippen molar-refractivity contribution in [3.05, 3.63) is 75.9 Å². The van der Waals surface area contributed by atoms with E-state index in [-0.39, 0.29) is 12.3 Å². The van der Waals surface area contributed by atoms with Gasteiger partial charge in [-0.15, -0.1) is 0 Å². The maximum Gasteiger partial charge on any atom is 0.305 e. The van der Waals surface area contributed by atoms with E-state index in [0.29, 0.717) is 30.9 Å². The number of halogens is 1. The maximum absolute atomic E-state index is 14.1. The summed E-state index contributed by atoms with van der Waals surface area (Å²) < 4.78 is 6.74. The second-order valence-electron chi connectivity index (χ2n) is 8.16. The Balaban J connectivity index is 1.67. The fourth-order valence-corrected chi connectivity index (χ4v) is 5.24. The zero-order chi connectivity index (χ0) is 23.1. The lowest BCUT2D eigenvalue weighted by molar-refractivity contribution is -0.138. The van der Waals surface area contributed by atoms with Crippen LogP contribution in [0.3, 0.4) is 0 Å². The Hall–Kier alpha value is -3.32. The molecule has 6 nitrogen and oxygen atoms in total. The molecule has 1 amide bonds. The minimum Gasteiger partial charge on any atom is -0.493 e. The quantitative estimate of drug-likeness (QED) is 0.363. The van der Waals surface area contributed by atoms with E-state index < -0.39 is 12.0 Å². The highest BCUT2D eigenvalue weighted by Crippen LogP contribution is 2.41. The average Bonchev–Trinajstić information content (AvgIpc) is 3.17. The number of carbonyl (C=O) groups is 2. The molecule has 0 spiro atoms. The Kier molecular flexibility index (Phi) is 5.58. The number of benzene rings is 3. The van der Waals surface area contributed by atoms with Crippen LogP contribution < -0.4 is 4.74 Å². The van der Waals surface area contributed by atoms with Crippen molar-refractivity contribution < 1.29 is 19.4 Å². The van der Waals surface area contributed by atoms with Crippen LogP contribution in [0.2, 0.25) is 0 Å². The Morgan fingerprint density at radius 1 is 1.15 bits per heavy atom. The van der Waals surface area contributed by atoms with Crippen molar-refractivity contribution >= 4 is 49.5 Å². The monoisotopic (exact) mass is 506 g/mol. The normalized spacial score (nSPS) is 15.6. The largest absolute Gasteiger partial charge is 0.493 e. The smallest absolute Gasteiger partial charge is 0.305 e. The van der Waals surface area contributed by atoms with Gasteiger partial charge in [0.15, 0.2) is 0 Å². The topological polar surface area (TPSA) is 82.6 Å². The Morgan fingerprint density at radius 3 is 2.76 bits per heavy atom. The molecular weight excluding hydrogens is 484 g/mol. The molecule has 0 bridgehead atoms. The number of aromatic amines is 1. The second-order valence-corrected chi connectivity index (χ2v) is 9.08. The standard InChI is InChI=1S/C26H23BrN2O4/c1-2-33-22-10-7-15-5-3-4-6-17(15)25(22)26(32)29-12-11-20-24(21(29)14-23(30)31)18-13-16(27)8-9-19(18)28-20/h3-10,13,21,28H,2,11-12,14H2,1H3,(H,30,31). The summed E-state index contributed by atoms with van der Waals surface area (Å²) >= 11 is 3.52. The lowest BCUT2D eigenvalue weighted by atomic mass is 9.92. The zero-order valence-electron chi connectivity index (χ0n) is 18.1. The van der Waals surface area contributed by atoms with Gasteiger partial charge in [0, 0.05) is 39.6 Å². The summed E-state index contributed by atoms with van der Waals surface area (Å²) in [4.78, 5) is 31.1. The fourth-order valence-electron chi connectivity index (χ4n) is 4.87. The maximum atomic E-state index is 14.1. The molecule has 0 fully saturated rings. The number of carbonyl (C=O) groups excluding carboxylic acids is 1. The molecule has 1 aromatic heterocycles. The third-order valence-corrected chi connectivity index (χ3v) is 6.72. The first-order chi connectivity index (χ1) is 16.0. The van der Waals surface area contributed by atoms with Crippen molar-refractivity contribution in [2.75, 3.05) is 13.2 Å². The number of hydrogen-bond donors (Lipinski definition) is 2. The summed E-state index contributed by atoms with van der Waals surface area (Å²) in [7, 11) is 0. The lowest BCUT2D eigenvalue weighted by Crippen LogP contribution is -2.41. The first-order valence-electron chi connectivity index (χ1n) is 10.9. The van der Waals surface area contributed by atoms with E-state index in [4.69, 9.17) is 4.74 Å². The van der Waals surface area contributed by atoms with Crippen molar-refractivity contribution in [2.45, 2.75) is 25.8 Å². The summed E-state index contributed by atoms with van der Waals surface area (Å²) in [6.07, 6.45) is 0.450. The highest BCUT2D eigenvalue weighted by Gasteiger charge is 2.37. The second kappa shape index (κ2) is 8.56. The van der Waals surface area contributed by atoms with Crippen molar-refractivity contribution in [3.63, 3.8) is 0 Å². The summed E-state index contributed by atoms with van der Waals surface area (Å²) in [5, 5.41) is 12.4. The number of fused-ring (bicyclic) bond motifs is 4. The van der Waals surface area contributed by atoms with Crippen LogP contribution in [-0.4, -0.2) is 40.0 Å². The van der Waals surface area contributed by atoms with E-state index in [9.17, 15) is 14.7 Å². The summed E-state index contributed by atoms with van der Waals surface area (Å²) in [5.41, 5.74) is 3.29. The van der Waals surface area contributed by atoms with Gasteiger partial charge in [0.05, 0.1) is 24.6 Å². The number of H-pyrrole nitrogens is 1. The average molecular weight is 507 g/mol. The van der Waals surface area contributed by atoms with E-state index in [1.54, 1.807) is 4.90 Å². The Labute approximate surface area is 199 Å². The number of nitrogens with zero attached hydrogens (tertiary/aromatic N) is 1. The molecule has 7 heteroatoms. The molecule has 3 aromatic carbocycles. The molecule has 0 aliphatic carbocycles. The van der Waals surface area contributed by atoms with Crippen LogP contribution >= 0.6 is 15.9 Å². The predicted molar refractivity (Wildman–Crippen MR) is 131 cm³/mol. The molecule has 1 aliphatic rings. The van der Waals surface area contributed by atoms with Crippen molar-refractivity contribution in [1.29, 1.82) is 0 Å². The molecule has 1 atom stereocenters. The van der Waals surface area contributed by atoms with E-state index in [2.05, 4.69) is 20.9 Å². The number of carboxylic acid groups (broad SMARTS) is 1. The highest BCUT2D eigenvalue weighted by molar-refractivity contribution is 9.10. The van der Waals surface area contributed by atoms with Crippen LogP contribution in [0.1, 0.15) is 41.0 Å². The van der Waals surface area contributed by atoms with E-state index >= 15 is 0 Å². The molecule has 33 heavy (non-hydrogen) atoms. The van der Waals surface area contributed by atoms with Gasteiger partial charge in [0.25, 0.3) is 5.91 Å². The molecule has 0 radical (unpaired) electrons. The number of amides is 1. The number of rotatable bonds is 5. The Morgan fingerprint density at radius 2 is 1.97 bits per heavy atom. The molecule has 1 aliphatic heterocycles. The Bertz CT molecular complexity index is 1390. The SMILES string of the molecule is CCOc1ccc2ccccc2c1C(=O)N1CCc2[nH]c3ccc(Br)cc3c2C1CC(=O)O. The first kappa shape index (κ1) is 21.5. The van der Waals surface area contributed by atoms with Crippen LogP contribution in [0, 0.1) is 0 Å². The minimum absolute atomic E-state index is 0.174. The lowest BCUT2D eigenvalue weighted by Gasteiger charge is -2.36. The summed E-state index contributed by atoms with van der Waals surface area (Å²) in [5.74, 6) is -0.641. The zero-order valence-corrected chi connectivity index (χ0v) is 19.7. The molecule has 0 saturated heterocycles. The van der Waals surface area contributed by atoms with Gasteiger partial charge >= 0.3 is 5.97 Å².